The van der Waals surface area contributed by atoms with Gasteiger partial charge in [0.25, 0.3) is 0 Å². The highest BCUT2D eigenvalue weighted by Crippen LogP contribution is 2.39. The summed E-state index contributed by atoms with van der Waals surface area (Å²) in [4.78, 5) is 0. The number of benzene rings is 2. The molecule has 2 aromatic carbocycles. The van der Waals surface area contributed by atoms with Crippen LogP contribution in [-0.4, -0.2) is 0 Å². The van der Waals surface area contributed by atoms with E-state index in [-0.39, 0.29) is 0 Å². The second-order valence-corrected chi connectivity index (χ2v) is 6.27. The molecule has 0 bridgehead atoms. The van der Waals surface area contributed by atoms with Gasteiger partial charge in [0.15, 0.2) is 0 Å². The smallest absolute Gasteiger partial charge is 0.00577 e. The topological polar surface area (TPSA) is 0 Å². The van der Waals surface area contributed by atoms with E-state index in [0.29, 0.717) is 0 Å². The van der Waals surface area contributed by atoms with Gasteiger partial charge in [-0.3, -0.25) is 0 Å². The number of fused-ring (bicyclic) bond motifs is 1. The van der Waals surface area contributed by atoms with Gasteiger partial charge < -0.3 is 0 Å². The van der Waals surface area contributed by atoms with Crippen LogP contribution >= 0.6 is 0 Å². The highest BCUT2D eigenvalue weighted by Gasteiger charge is 2.19. The van der Waals surface area contributed by atoms with E-state index < -0.39 is 0 Å². The van der Waals surface area contributed by atoms with Gasteiger partial charge in [0, 0.05) is 0 Å². The molecule has 0 atom stereocenters. The molecule has 0 saturated carbocycles. The molecule has 0 fully saturated rings. The van der Waals surface area contributed by atoms with E-state index in [1.165, 1.54) is 39.8 Å². The van der Waals surface area contributed by atoms with Gasteiger partial charge in [-0.15, -0.1) is 0 Å². The summed E-state index contributed by atoms with van der Waals surface area (Å²) in [5.41, 5.74) is 10.5. The third kappa shape index (κ3) is 2.63. The summed E-state index contributed by atoms with van der Waals surface area (Å²) in [5.74, 6) is 0. The maximum Gasteiger partial charge on any atom is -0.00577 e. The van der Waals surface area contributed by atoms with Crippen LogP contribution in [0, 0.1) is 0 Å². The average Bonchev–Trinajstić information content (AvgIpc) is 2.98. The van der Waals surface area contributed by atoms with Gasteiger partial charge in [0.1, 0.15) is 0 Å². The Bertz CT molecular complexity index is 704. The first kappa shape index (κ1) is 15.1. The molecule has 0 aromatic heterocycles. The van der Waals surface area contributed by atoms with Crippen LogP contribution in [0.3, 0.4) is 0 Å². The Morgan fingerprint density at radius 3 is 2.41 bits per heavy atom. The molecule has 0 saturated heterocycles. The van der Waals surface area contributed by atoms with E-state index >= 15 is 0 Å². The maximum atomic E-state index is 2.45. The van der Waals surface area contributed by atoms with Crippen molar-refractivity contribution in [2.24, 2.45) is 0 Å². The van der Waals surface area contributed by atoms with E-state index in [4.69, 9.17) is 0 Å². The van der Waals surface area contributed by atoms with Crippen molar-refractivity contribution in [2.45, 2.75) is 52.9 Å². The lowest BCUT2D eigenvalue weighted by molar-refractivity contribution is 0.921. The van der Waals surface area contributed by atoms with E-state index in [2.05, 4.69) is 63.2 Å². The monoisotopic (exact) mass is 290 g/mol. The van der Waals surface area contributed by atoms with Gasteiger partial charge in [-0.2, -0.15) is 0 Å². The first-order chi connectivity index (χ1) is 10.8. The first-order valence-corrected chi connectivity index (χ1v) is 8.70. The normalized spacial score (nSPS) is 13.1. The summed E-state index contributed by atoms with van der Waals surface area (Å²) in [6.45, 7) is 6.80. The van der Waals surface area contributed by atoms with E-state index in [1.807, 2.05) is 0 Å². The van der Waals surface area contributed by atoms with Crippen LogP contribution in [0.5, 0.6) is 0 Å². The van der Waals surface area contributed by atoms with Gasteiger partial charge in [-0.05, 0) is 59.1 Å². The molecular weight excluding hydrogens is 264 g/mol. The quantitative estimate of drug-likeness (QED) is 0.613. The van der Waals surface area contributed by atoms with Crippen LogP contribution in [0.4, 0.5) is 0 Å². The van der Waals surface area contributed by atoms with Gasteiger partial charge in [0.2, 0.25) is 0 Å². The number of rotatable bonds is 5. The highest BCUT2D eigenvalue weighted by atomic mass is 14.2. The Morgan fingerprint density at radius 1 is 0.864 bits per heavy atom. The summed E-state index contributed by atoms with van der Waals surface area (Å²) in [5, 5.41) is 0. The van der Waals surface area contributed by atoms with Gasteiger partial charge in [-0.25, -0.2) is 0 Å². The lowest BCUT2D eigenvalue weighted by atomic mass is 9.87. The summed E-state index contributed by atoms with van der Waals surface area (Å²) >= 11 is 0. The standard InChI is InChI=1S/C22H26/c1-4-9-18-12-13-19-14-16(5-2)15-21(19)22(18)20-11-8-7-10-17(20)6-3/h7-8,10-13,15H,4-6,9,14H2,1-3H3. The minimum absolute atomic E-state index is 1.09. The Kier molecular flexibility index (Phi) is 4.47. The maximum absolute atomic E-state index is 2.45. The summed E-state index contributed by atoms with van der Waals surface area (Å²) < 4.78 is 0. The zero-order valence-corrected chi connectivity index (χ0v) is 14.1. The fraction of sp³-hybridized carbons (Fsp3) is 0.364. The molecule has 2 aromatic rings. The van der Waals surface area contributed by atoms with Gasteiger partial charge in [-0.1, -0.05) is 75.2 Å². The Morgan fingerprint density at radius 2 is 1.68 bits per heavy atom. The molecule has 1 aliphatic rings. The predicted octanol–water partition coefficient (Wildman–Crippen LogP) is 6.22. The molecule has 0 nitrogen and oxygen atoms in total. The fourth-order valence-electron chi connectivity index (χ4n) is 3.62. The largest absolute Gasteiger partial charge is 0.0655 e. The van der Waals surface area contributed by atoms with Crippen LogP contribution in [-0.2, 0) is 19.3 Å². The van der Waals surface area contributed by atoms with Crippen molar-refractivity contribution in [3.63, 3.8) is 0 Å². The van der Waals surface area contributed by atoms with Gasteiger partial charge in [0.05, 0.1) is 0 Å². The van der Waals surface area contributed by atoms with Crippen molar-refractivity contribution >= 4 is 6.08 Å². The zero-order valence-electron chi connectivity index (χ0n) is 14.1. The van der Waals surface area contributed by atoms with Crippen LogP contribution in [0.2, 0.25) is 0 Å². The predicted molar refractivity (Wildman–Crippen MR) is 97.2 cm³/mol. The third-order valence-corrected chi connectivity index (χ3v) is 4.83. The summed E-state index contributed by atoms with van der Waals surface area (Å²) in [7, 11) is 0. The molecule has 0 heterocycles. The minimum atomic E-state index is 1.09. The van der Waals surface area contributed by atoms with Crippen molar-refractivity contribution in [3.05, 3.63) is 64.2 Å². The van der Waals surface area contributed by atoms with Crippen molar-refractivity contribution in [2.75, 3.05) is 0 Å². The highest BCUT2D eigenvalue weighted by molar-refractivity contribution is 5.84. The van der Waals surface area contributed by atoms with Crippen LogP contribution in [0.1, 0.15) is 55.9 Å². The molecule has 0 N–H and O–H groups in total. The molecule has 22 heavy (non-hydrogen) atoms. The van der Waals surface area contributed by atoms with Crippen molar-refractivity contribution in [1.82, 2.24) is 0 Å². The van der Waals surface area contributed by atoms with Crippen molar-refractivity contribution in [3.8, 4) is 11.1 Å². The summed E-state index contributed by atoms with van der Waals surface area (Å²) in [6, 6.07) is 13.7. The second kappa shape index (κ2) is 6.52. The van der Waals surface area contributed by atoms with Crippen LogP contribution < -0.4 is 0 Å². The Labute approximate surface area is 134 Å². The molecule has 0 radical (unpaired) electrons. The molecule has 0 heteroatoms. The molecule has 0 unspecified atom stereocenters. The van der Waals surface area contributed by atoms with Crippen molar-refractivity contribution in [1.29, 1.82) is 0 Å². The molecule has 3 rings (SSSR count). The minimum Gasteiger partial charge on any atom is -0.0655 e. The summed E-state index contributed by atoms with van der Waals surface area (Å²) in [6.07, 6.45) is 8.21. The molecular formula is C22H26. The molecule has 0 spiro atoms. The Hall–Kier alpha value is -1.82. The molecule has 114 valence electrons. The lowest BCUT2D eigenvalue weighted by Crippen LogP contribution is -1.98. The van der Waals surface area contributed by atoms with Gasteiger partial charge >= 0.3 is 0 Å². The zero-order chi connectivity index (χ0) is 15.5. The van der Waals surface area contributed by atoms with E-state index in [9.17, 15) is 0 Å². The average molecular weight is 290 g/mol. The van der Waals surface area contributed by atoms with E-state index in [1.54, 1.807) is 5.57 Å². The molecule has 0 amide bonds. The van der Waals surface area contributed by atoms with Crippen molar-refractivity contribution < 1.29 is 0 Å². The first-order valence-electron chi connectivity index (χ1n) is 8.70. The fourth-order valence-corrected chi connectivity index (χ4v) is 3.62. The Balaban J connectivity index is 2.24. The van der Waals surface area contributed by atoms with Crippen LogP contribution in [0.25, 0.3) is 17.2 Å². The SMILES string of the molecule is CCCc1ccc2c(c1-c1ccccc1CC)C=C(CC)C2. The second-order valence-electron chi connectivity index (χ2n) is 6.27. The molecule has 0 aliphatic heterocycles. The van der Waals surface area contributed by atoms with Crippen LogP contribution in [0.15, 0.2) is 42.0 Å². The number of aryl methyl sites for hydroxylation is 2. The molecule has 1 aliphatic carbocycles. The lowest BCUT2D eigenvalue weighted by Gasteiger charge is -2.17. The number of hydrogen-bond acceptors (Lipinski definition) is 0. The third-order valence-electron chi connectivity index (χ3n) is 4.83. The van der Waals surface area contributed by atoms with E-state index in [0.717, 1.165) is 25.7 Å². The number of allylic oxidation sites excluding steroid dienone is 1. The number of hydrogen-bond donors (Lipinski definition) is 0.